The molecule has 0 aliphatic heterocycles. The average molecular weight is 476 g/mol. The zero-order valence-electron chi connectivity index (χ0n) is 18.9. The Hall–Kier alpha value is -2.85. The van der Waals surface area contributed by atoms with Crippen LogP contribution < -0.4 is 16.4 Å². The first kappa shape index (κ1) is 24.8. The van der Waals surface area contributed by atoms with Crippen LogP contribution in [0, 0.1) is 6.92 Å². The molecule has 0 saturated heterocycles. The summed E-state index contributed by atoms with van der Waals surface area (Å²) >= 11 is 0. The largest absolute Gasteiger partial charge is 0.465 e. The second-order valence-corrected chi connectivity index (χ2v) is 8.87. The first-order chi connectivity index (χ1) is 15.9. The molecule has 0 aliphatic carbocycles. The van der Waals surface area contributed by atoms with E-state index < -0.39 is 14.3 Å². The Morgan fingerprint density at radius 3 is 2.82 bits per heavy atom. The number of ether oxygens (including phenoxy) is 2. The van der Waals surface area contributed by atoms with Crippen LogP contribution in [0.2, 0.25) is 0 Å². The first-order valence-electron chi connectivity index (χ1n) is 10.5. The van der Waals surface area contributed by atoms with Crippen molar-refractivity contribution in [1.29, 1.82) is 0 Å². The third kappa shape index (κ3) is 7.06. The molecule has 2 heterocycles. The number of aromatic amines is 1. The van der Waals surface area contributed by atoms with Crippen LogP contribution in [-0.2, 0) is 31.9 Å². The van der Waals surface area contributed by atoms with Gasteiger partial charge in [0.2, 0.25) is 5.95 Å². The fourth-order valence-electron chi connectivity index (χ4n) is 2.93. The summed E-state index contributed by atoms with van der Waals surface area (Å²) in [5.74, 6) is -0.317. The summed E-state index contributed by atoms with van der Waals surface area (Å²) in [6.45, 7) is 6.95. The SMILES string of the molecule is CCOC(=O)C(C)NP(COCCn1cnc2c(=O)[nH]c(N)nc21)OCc1ccc(C)cc1. The van der Waals surface area contributed by atoms with Crippen molar-refractivity contribution in [2.24, 2.45) is 0 Å². The van der Waals surface area contributed by atoms with E-state index in [-0.39, 0.29) is 29.3 Å². The summed E-state index contributed by atoms with van der Waals surface area (Å²) < 4.78 is 18.6. The van der Waals surface area contributed by atoms with E-state index in [1.165, 1.54) is 11.9 Å². The van der Waals surface area contributed by atoms with Gasteiger partial charge in [-0.3, -0.25) is 19.7 Å². The van der Waals surface area contributed by atoms with Crippen molar-refractivity contribution in [2.75, 3.05) is 25.3 Å². The third-order valence-corrected chi connectivity index (χ3v) is 6.20. The number of hydrogen-bond acceptors (Lipinski definition) is 9. The van der Waals surface area contributed by atoms with Crippen molar-refractivity contribution in [3.05, 3.63) is 52.1 Å². The Morgan fingerprint density at radius 1 is 1.33 bits per heavy atom. The van der Waals surface area contributed by atoms with Crippen molar-refractivity contribution in [2.45, 2.75) is 40.0 Å². The number of aryl methyl sites for hydroxylation is 1. The van der Waals surface area contributed by atoms with E-state index in [1.54, 1.807) is 18.4 Å². The third-order valence-electron chi connectivity index (χ3n) is 4.66. The van der Waals surface area contributed by atoms with Crippen molar-refractivity contribution in [3.63, 3.8) is 0 Å². The molecule has 0 radical (unpaired) electrons. The highest BCUT2D eigenvalue weighted by molar-refractivity contribution is 7.50. The van der Waals surface area contributed by atoms with Crippen LogP contribution in [0.4, 0.5) is 5.95 Å². The number of esters is 1. The second-order valence-electron chi connectivity index (χ2n) is 7.34. The number of nitrogens with zero attached hydrogens (tertiary/aromatic N) is 3. The molecule has 12 heteroatoms. The number of benzene rings is 1. The Balaban J connectivity index is 1.57. The minimum absolute atomic E-state index is 0.0281. The van der Waals surface area contributed by atoms with E-state index in [0.717, 1.165) is 5.56 Å². The molecule has 0 bridgehead atoms. The molecule has 11 nitrogen and oxygen atoms in total. The minimum Gasteiger partial charge on any atom is -0.465 e. The maximum atomic E-state index is 12.0. The molecule has 1 aromatic carbocycles. The number of hydrogen-bond donors (Lipinski definition) is 3. The lowest BCUT2D eigenvalue weighted by atomic mass is 10.2. The highest BCUT2D eigenvalue weighted by Crippen LogP contribution is 2.34. The molecular formula is C21H29N6O5P. The quantitative estimate of drug-likeness (QED) is 0.203. The van der Waals surface area contributed by atoms with E-state index >= 15 is 0 Å². The number of H-pyrrole nitrogens is 1. The van der Waals surface area contributed by atoms with Gasteiger partial charge in [-0.05, 0) is 26.3 Å². The zero-order valence-corrected chi connectivity index (χ0v) is 19.8. The molecule has 33 heavy (non-hydrogen) atoms. The maximum Gasteiger partial charge on any atom is 0.323 e. The summed E-state index contributed by atoms with van der Waals surface area (Å²) in [5.41, 5.74) is 8.05. The number of nitrogens with one attached hydrogen (secondary N) is 2. The number of nitrogen functional groups attached to an aromatic ring is 1. The van der Waals surface area contributed by atoms with Gasteiger partial charge in [-0.1, -0.05) is 29.8 Å². The molecule has 0 saturated carbocycles. The summed E-state index contributed by atoms with van der Waals surface area (Å²) in [4.78, 5) is 34.6. The van der Waals surface area contributed by atoms with E-state index in [4.69, 9.17) is 19.7 Å². The topological polar surface area (TPSA) is 146 Å². The van der Waals surface area contributed by atoms with Gasteiger partial charge in [0.05, 0.1) is 26.1 Å². The second kappa shape index (κ2) is 11.9. The van der Waals surface area contributed by atoms with Crippen LogP contribution in [0.15, 0.2) is 35.4 Å². The van der Waals surface area contributed by atoms with Gasteiger partial charge in [0.15, 0.2) is 11.2 Å². The number of fused-ring (bicyclic) bond motifs is 1. The summed E-state index contributed by atoms with van der Waals surface area (Å²) in [6, 6.07) is 7.52. The Bertz CT molecular complexity index is 1120. The molecule has 178 valence electrons. The molecule has 4 N–H and O–H groups in total. The van der Waals surface area contributed by atoms with Crippen molar-refractivity contribution < 1.29 is 18.8 Å². The molecule has 0 amide bonds. The fourth-order valence-corrected chi connectivity index (χ4v) is 4.29. The molecule has 0 spiro atoms. The van der Waals surface area contributed by atoms with Gasteiger partial charge in [0.1, 0.15) is 20.7 Å². The molecule has 3 aromatic rings. The van der Waals surface area contributed by atoms with E-state index in [2.05, 4.69) is 20.0 Å². The van der Waals surface area contributed by atoms with Crippen LogP contribution in [-0.4, -0.2) is 51.1 Å². The normalized spacial score (nSPS) is 13.2. The smallest absolute Gasteiger partial charge is 0.323 e. The molecular weight excluding hydrogens is 447 g/mol. The minimum atomic E-state index is -1.28. The Morgan fingerprint density at radius 2 is 2.09 bits per heavy atom. The summed E-state index contributed by atoms with van der Waals surface area (Å²) in [6.07, 6.45) is 1.78. The molecule has 2 aromatic heterocycles. The van der Waals surface area contributed by atoms with Crippen molar-refractivity contribution in [3.8, 4) is 0 Å². The van der Waals surface area contributed by atoms with E-state index in [1.807, 2.05) is 31.2 Å². The Kier molecular flexibility index (Phi) is 8.90. The highest BCUT2D eigenvalue weighted by Gasteiger charge is 2.20. The van der Waals surface area contributed by atoms with Gasteiger partial charge in [-0.15, -0.1) is 0 Å². The van der Waals surface area contributed by atoms with E-state index in [0.29, 0.717) is 32.0 Å². The van der Waals surface area contributed by atoms with Gasteiger partial charge < -0.3 is 24.3 Å². The number of nitrogens with two attached hydrogens (primary N) is 1. The molecule has 2 unspecified atom stereocenters. The van der Waals surface area contributed by atoms with Crippen LogP contribution in [0.1, 0.15) is 25.0 Å². The van der Waals surface area contributed by atoms with Gasteiger partial charge >= 0.3 is 5.97 Å². The number of imidazole rings is 1. The molecule has 2 atom stereocenters. The number of anilines is 1. The number of carbonyl (C=O) groups is 1. The predicted molar refractivity (Wildman–Crippen MR) is 125 cm³/mol. The van der Waals surface area contributed by atoms with Crippen LogP contribution in [0.3, 0.4) is 0 Å². The van der Waals surface area contributed by atoms with Gasteiger partial charge in [0, 0.05) is 6.54 Å². The maximum absolute atomic E-state index is 12.0. The number of carbonyl (C=O) groups excluding carboxylic acids is 1. The van der Waals surface area contributed by atoms with Gasteiger partial charge in [-0.2, -0.15) is 4.98 Å². The van der Waals surface area contributed by atoms with Crippen molar-refractivity contribution >= 4 is 31.4 Å². The number of aromatic nitrogens is 4. The fraction of sp³-hybridized carbons (Fsp3) is 0.429. The van der Waals surface area contributed by atoms with Crippen LogP contribution in [0.5, 0.6) is 0 Å². The zero-order chi connectivity index (χ0) is 23.8. The van der Waals surface area contributed by atoms with Crippen molar-refractivity contribution in [1.82, 2.24) is 24.6 Å². The lowest BCUT2D eigenvalue weighted by molar-refractivity contribution is -0.144. The molecule has 0 fully saturated rings. The average Bonchev–Trinajstić information content (AvgIpc) is 3.19. The monoisotopic (exact) mass is 476 g/mol. The Labute approximate surface area is 192 Å². The predicted octanol–water partition coefficient (Wildman–Crippen LogP) is 2.05. The van der Waals surface area contributed by atoms with Gasteiger partial charge in [0.25, 0.3) is 5.56 Å². The van der Waals surface area contributed by atoms with Crippen LogP contribution in [0.25, 0.3) is 11.2 Å². The lowest BCUT2D eigenvalue weighted by Crippen LogP contribution is -2.33. The molecule has 3 rings (SSSR count). The standard InChI is InChI=1S/C21H29N6O5P/c1-4-31-20(29)15(3)26-33(32-11-16-7-5-14(2)6-8-16)13-30-10-9-27-12-23-17-18(27)24-21(22)25-19(17)28/h5-8,12,15,26H,4,9-11,13H2,1-3H3,(H3,22,24,25,28). The number of rotatable bonds is 12. The van der Waals surface area contributed by atoms with Gasteiger partial charge in [-0.25, -0.2) is 4.98 Å². The van der Waals surface area contributed by atoms with E-state index in [9.17, 15) is 9.59 Å². The van der Waals surface area contributed by atoms with Crippen LogP contribution >= 0.6 is 8.30 Å². The highest BCUT2D eigenvalue weighted by atomic mass is 31.2. The summed E-state index contributed by atoms with van der Waals surface area (Å²) in [7, 11) is -1.28. The first-order valence-corrected chi connectivity index (χ1v) is 12.0. The molecule has 0 aliphatic rings. The lowest BCUT2D eigenvalue weighted by Gasteiger charge is -2.22. The summed E-state index contributed by atoms with van der Waals surface area (Å²) in [5, 5.41) is 3.17.